The van der Waals surface area contributed by atoms with Crippen LogP contribution in [-0.4, -0.2) is 39.2 Å². The lowest BCUT2D eigenvalue weighted by atomic mass is 9.93. The molecule has 0 unspecified atom stereocenters. The van der Waals surface area contributed by atoms with E-state index in [2.05, 4.69) is 22.8 Å². The second-order valence-electron chi connectivity index (χ2n) is 11.9. The number of para-hydroxylation sites is 1. The van der Waals surface area contributed by atoms with Crippen LogP contribution in [0, 0.1) is 5.92 Å². The number of carbonyl (C=O) groups excluding carboxylic acids is 1. The van der Waals surface area contributed by atoms with E-state index in [1.54, 1.807) is 0 Å². The van der Waals surface area contributed by atoms with Crippen LogP contribution >= 0.6 is 11.6 Å². The van der Waals surface area contributed by atoms with Crippen LogP contribution in [0.4, 0.5) is 4.79 Å². The van der Waals surface area contributed by atoms with Crippen molar-refractivity contribution in [3.8, 4) is 11.5 Å². The topological polar surface area (TPSA) is 65.8 Å². The highest BCUT2D eigenvalue weighted by molar-refractivity contribution is 6.30. The zero-order valence-corrected chi connectivity index (χ0v) is 25.5. The maximum Gasteiger partial charge on any atom is 0.410 e. The van der Waals surface area contributed by atoms with Gasteiger partial charge in [0.05, 0.1) is 5.52 Å². The predicted octanol–water partition coefficient (Wildman–Crippen LogP) is 8.28. The van der Waals surface area contributed by atoms with E-state index in [4.69, 9.17) is 30.8 Å². The number of fused-ring (bicyclic) bond motifs is 1. The quantitative estimate of drug-likeness (QED) is 0.186. The molecular formula is C34H40ClN3O4. The van der Waals surface area contributed by atoms with Crippen molar-refractivity contribution in [3.63, 3.8) is 0 Å². The number of aryl methyl sites for hydroxylation is 1. The number of aromatic nitrogens is 2. The molecule has 1 amide bonds. The number of piperidine rings is 1. The molecule has 0 radical (unpaired) electrons. The van der Waals surface area contributed by atoms with Crippen molar-refractivity contribution in [2.24, 2.45) is 5.92 Å². The fourth-order valence-corrected chi connectivity index (χ4v) is 5.52. The number of ether oxygens (including phenoxy) is 3. The van der Waals surface area contributed by atoms with Crippen molar-refractivity contribution >= 4 is 28.7 Å². The summed E-state index contributed by atoms with van der Waals surface area (Å²) in [7, 11) is 0. The molecule has 0 bridgehead atoms. The first-order valence-corrected chi connectivity index (χ1v) is 15.1. The van der Waals surface area contributed by atoms with E-state index in [0.717, 1.165) is 79.2 Å². The second-order valence-corrected chi connectivity index (χ2v) is 12.3. The number of hydrogen-bond acceptors (Lipinski definition) is 5. The van der Waals surface area contributed by atoms with E-state index in [-0.39, 0.29) is 6.09 Å². The molecule has 8 heteroatoms. The van der Waals surface area contributed by atoms with Gasteiger partial charge in [-0.2, -0.15) is 0 Å². The van der Waals surface area contributed by atoms with Gasteiger partial charge in [-0.3, -0.25) is 0 Å². The lowest BCUT2D eigenvalue weighted by Crippen LogP contribution is -2.42. The van der Waals surface area contributed by atoms with E-state index >= 15 is 0 Å². The average Bonchev–Trinajstić information content (AvgIpc) is 3.33. The molecule has 1 aliphatic rings. The highest BCUT2D eigenvalue weighted by Crippen LogP contribution is 2.29. The van der Waals surface area contributed by atoms with Crippen molar-refractivity contribution in [2.75, 3.05) is 13.1 Å². The molecule has 0 aliphatic carbocycles. The summed E-state index contributed by atoms with van der Waals surface area (Å²) in [4.78, 5) is 19.5. The fraction of sp³-hybridized carbons (Fsp3) is 0.412. The van der Waals surface area contributed by atoms with Crippen molar-refractivity contribution in [1.82, 2.24) is 14.5 Å². The minimum atomic E-state index is -0.485. The number of likely N-dealkylation sites (tertiary alicyclic amines) is 1. The SMILES string of the molecule is CC(C)(C)OC(=O)N1CCC[C@@H](CCCn2c(COc3ccc(Cl)cc3)nc3c(OCc4ccccc4)cccc32)C1. The Labute approximate surface area is 253 Å². The van der Waals surface area contributed by atoms with Gasteiger partial charge in [0, 0.05) is 24.7 Å². The summed E-state index contributed by atoms with van der Waals surface area (Å²) in [5, 5.41) is 0.669. The van der Waals surface area contributed by atoms with Crippen LogP contribution in [0.2, 0.25) is 5.02 Å². The number of halogens is 1. The highest BCUT2D eigenvalue weighted by Gasteiger charge is 2.27. The number of amides is 1. The zero-order valence-electron chi connectivity index (χ0n) is 24.7. The normalized spacial score (nSPS) is 15.5. The number of hydrogen-bond donors (Lipinski definition) is 0. The molecule has 0 N–H and O–H groups in total. The second kappa shape index (κ2) is 13.5. The first kappa shape index (κ1) is 29.8. The molecule has 7 nitrogen and oxygen atoms in total. The first-order valence-electron chi connectivity index (χ1n) is 14.8. The van der Waals surface area contributed by atoms with E-state index in [0.29, 0.717) is 24.2 Å². The lowest BCUT2D eigenvalue weighted by molar-refractivity contribution is 0.0160. The van der Waals surface area contributed by atoms with E-state index < -0.39 is 5.60 Å². The van der Waals surface area contributed by atoms with Crippen molar-refractivity contribution in [3.05, 3.63) is 89.2 Å². The van der Waals surface area contributed by atoms with Crippen molar-refractivity contribution in [1.29, 1.82) is 0 Å². The average molecular weight is 590 g/mol. The van der Waals surface area contributed by atoms with Gasteiger partial charge >= 0.3 is 6.09 Å². The number of imidazole rings is 1. The molecule has 2 heterocycles. The van der Waals surface area contributed by atoms with Gasteiger partial charge < -0.3 is 23.7 Å². The van der Waals surface area contributed by atoms with Gasteiger partial charge in [0.25, 0.3) is 0 Å². The molecule has 42 heavy (non-hydrogen) atoms. The lowest BCUT2D eigenvalue weighted by Gasteiger charge is -2.34. The first-order chi connectivity index (χ1) is 20.2. The van der Waals surface area contributed by atoms with Crippen LogP contribution in [-0.2, 0) is 24.5 Å². The number of benzene rings is 3. The molecule has 1 aliphatic heterocycles. The Morgan fingerprint density at radius 3 is 2.52 bits per heavy atom. The molecule has 5 rings (SSSR count). The summed E-state index contributed by atoms with van der Waals surface area (Å²) >= 11 is 6.06. The molecule has 1 fully saturated rings. The van der Waals surface area contributed by atoms with Gasteiger partial charge in [-0.25, -0.2) is 9.78 Å². The summed E-state index contributed by atoms with van der Waals surface area (Å²) in [5.74, 6) is 2.78. The zero-order chi connectivity index (χ0) is 29.5. The Bertz CT molecular complexity index is 1460. The van der Waals surface area contributed by atoms with Crippen LogP contribution in [0.1, 0.15) is 57.8 Å². The van der Waals surface area contributed by atoms with Crippen LogP contribution in [0.15, 0.2) is 72.8 Å². The Hall–Kier alpha value is -3.71. The van der Waals surface area contributed by atoms with Gasteiger partial charge in [0.1, 0.15) is 41.7 Å². The Kier molecular flexibility index (Phi) is 9.58. The molecular weight excluding hydrogens is 550 g/mol. The van der Waals surface area contributed by atoms with Gasteiger partial charge in [-0.15, -0.1) is 0 Å². The van der Waals surface area contributed by atoms with Crippen molar-refractivity contribution in [2.45, 2.75) is 71.8 Å². The standard InChI is InChI=1S/C34H40ClN3O4/c1-34(2,3)42-33(39)37-20-8-12-25(22-37)13-9-21-38-29-14-7-15-30(41-23-26-10-5-4-6-11-26)32(29)36-31(38)24-40-28-18-16-27(35)17-19-28/h4-7,10-11,14-19,25H,8-9,12-13,20-24H2,1-3H3/t25-/m0/s1. The van der Waals surface area contributed by atoms with E-state index in [1.807, 2.05) is 80.3 Å². The smallest absolute Gasteiger partial charge is 0.410 e. The summed E-state index contributed by atoms with van der Waals surface area (Å²) in [6, 6.07) is 23.6. The number of rotatable bonds is 10. The fourth-order valence-electron chi connectivity index (χ4n) is 5.39. The monoisotopic (exact) mass is 589 g/mol. The van der Waals surface area contributed by atoms with Crippen LogP contribution < -0.4 is 9.47 Å². The minimum Gasteiger partial charge on any atom is -0.487 e. The summed E-state index contributed by atoms with van der Waals surface area (Å²) < 4.78 is 20.2. The third-order valence-corrected chi connectivity index (χ3v) is 7.66. The van der Waals surface area contributed by atoms with E-state index in [9.17, 15) is 4.79 Å². The summed E-state index contributed by atoms with van der Waals surface area (Å²) in [5.41, 5.74) is 2.47. The molecule has 0 spiro atoms. The molecule has 0 saturated carbocycles. The van der Waals surface area contributed by atoms with Crippen LogP contribution in [0.5, 0.6) is 11.5 Å². The van der Waals surface area contributed by atoms with Gasteiger partial charge in [-0.1, -0.05) is 48.0 Å². The third kappa shape index (κ3) is 7.97. The van der Waals surface area contributed by atoms with Crippen LogP contribution in [0.25, 0.3) is 11.0 Å². The van der Waals surface area contributed by atoms with Gasteiger partial charge in [0.2, 0.25) is 0 Å². The van der Waals surface area contributed by atoms with Gasteiger partial charge in [-0.05, 0) is 94.3 Å². The van der Waals surface area contributed by atoms with Crippen molar-refractivity contribution < 1.29 is 19.0 Å². The predicted molar refractivity (Wildman–Crippen MR) is 166 cm³/mol. The molecule has 3 aromatic carbocycles. The Morgan fingerprint density at radius 2 is 1.76 bits per heavy atom. The summed E-state index contributed by atoms with van der Waals surface area (Å²) in [6.45, 7) is 8.82. The molecule has 1 aromatic heterocycles. The Balaban J connectivity index is 1.30. The molecule has 1 atom stereocenters. The largest absolute Gasteiger partial charge is 0.487 e. The molecule has 4 aromatic rings. The van der Waals surface area contributed by atoms with Gasteiger partial charge in [0.15, 0.2) is 0 Å². The Morgan fingerprint density at radius 1 is 0.976 bits per heavy atom. The maximum atomic E-state index is 12.7. The number of carbonyl (C=O) groups is 1. The van der Waals surface area contributed by atoms with E-state index in [1.165, 1.54) is 0 Å². The van der Waals surface area contributed by atoms with Crippen LogP contribution in [0.3, 0.4) is 0 Å². The molecule has 1 saturated heterocycles. The maximum absolute atomic E-state index is 12.7. The highest BCUT2D eigenvalue weighted by atomic mass is 35.5. The summed E-state index contributed by atoms with van der Waals surface area (Å²) in [6.07, 6.45) is 3.88. The molecule has 222 valence electrons. The minimum absolute atomic E-state index is 0.211. The third-order valence-electron chi connectivity index (χ3n) is 7.40. The number of nitrogens with zero attached hydrogens (tertiary/aromatic N) is 3.